The van der Waals surface area contributed by atoms with E-state index < -0.39 is 0 Å². The molecule has 0 unspecified atom stereocenters. The maximum Gasteiger partial charge on any atom is 0.0760 e. The minimum Gasteiger partial charge on any atom is -0.263 e. The van der Waals surface area contributed by atoms with Gasteiger partial charge in [-0.3, -0.25) is 4.99 Å². The van der Waals surface area contributed by atoms with Crippen LogP contribution in [0.25, 0.3) is 0 Å². The Balaban J connectivity index is 3.02. The molecule has 0 aliphatic rings. The molecule has 12 heavy (non-hydrogen) atoms. The first-order valence-electron chi connectivity index (χ1n) is 3.98. The van der Waals surface area contributed by atoms with Crippen molar-refractivity contribution in [2.75, 3.05) is 5.75 Å². The van der Waals surface area contributed by atoms with Gasteiger partial charge in [-0.2, -0.15) is 0 Å². The Morgan fingerprint density at radius 3 is 2.83 bits per heavy atom. The molecule has 0 atom stereocenters. The topological polar surface area (TPSA) is 12.4 Å². The van der Waals surface area contributed by atoms with Crippen molar-refractivity contribution in [3.05, 3.63) is 23.8 Å². The molecule has 0 aliphatic heterocycles. The van der Waals surface area contributed by atoms with E-state index in [1.54, 1.807) is 11.8 Å². The fourth-order valence-electron chi connectivity index (χ4n) is 1.03. The van der Waals surface area contributed by atoms with Crippen LogP contribution in [-0.2, 0) is 0 Å². The predicted molar refractivity (Wildman–Crippen MR) is 56.8 cm³/mol. The summed E-state index contributed by atoms with van der Waals surface area (Å²) in [6, 6.07) is 6.27. The molecule has 1 rings (SSSR count). The summed E-state index contributed by atoms with van der Waals surface area (Å²) in [5.74, 6) is 1.07. The lowest BCUT2D eigenvalue weighted by molar-refractivity contribution is 1.33. The minimum absolute atomic E-state index is 1.00. The number of hydrogen-bond acceptors (Lipinski definition) is 2. The van der Waals surface area contributed by atoms with E-state index in [2.05, 4.69) is 43.8 Å². The molecule has 1 aromatic rings. The second-order valence-electron chi connectivity index (χ2n) is 2.56. The third-order valence-corrected chi connectivity index (χ3v) is 2.53. The smallest absolute Gasteiger partial charge is 0.0760 e. The zero-order valence-corrected chi connectivity index (χ0v) is 8.32. The molecule has 1 nitrogen and oxygen atoms in total. The molecule has 0 aromatic heterocycles. The Morgan fingerprint density at radius 1 is 1.50 bits per heavy atom. The van der Waals surface area contributed by atoms with E-state index in [0.717, 1.165) is 11.4 Å². The molecule has 0 aliphatic carbocycles. The highest BCUT2D eigenvalue weighted by atomic mass is 32.2. The first-order chi connectivity index (χ1) is 5.77. The molecule has 1 aromatic carbocycles. The van der Waals surface area contributed by atoms with Crippen molar-refractivity contribution in [1.29, 1.82) is 0 Å². The Hall–Kier alpha value is -0.760. The average molecular weight is 179 g/mol. The molecule has 0 N–H and O–H groups in total. The van der Waals surface area contributed by atoms with Gasteiger partial charge < -0.3 is 0 Å². The maximum atomic E-state index is 3.98. The van der Waals surface area contributed by atoms with Gasteiger partial charge in [0.15, 0.2) is 0 Å². The quantitative estimate of drug-likeness (QED) is 0.511. The van der Waals surface area contributed by atoms with E-state index >= 15 is 0 Å². The third kappa shape index (κ3) is 2.11. The lowest BCUT2D eigenvalue weighted by Crippen LogP contribution is -1.77. The van der Waals surface area contributed by atoms with Crippen molar-refractivity contribution in [1.82, 2.24) is 0 Å². The zero-order valence-electron chi connectivity index (χ0n) is 7.50. The van der Waals surface area contributed by atoms with Gasteiger partial charge in [-0.25, -0.2) is 0 Å². The number of rotatable bonds is 3. The largest absolute Gasteiger partial charge is 0.263 e. The lowest BCUT2D eigenvalue weighted by Gasteiger charge is -2.03. The molecule has 0 amide bonds. The summed E-state index contributed by atoms with van der Waals surface area (Å²) < 4.78 is 0. The van der Waals surface area contributed by atoms with Crippen molar-refractivity contribution in [2.24, 2.45) is 4.99 Å². The van der Waals surface area contributed by atoms with E-state index in [0.29, 0.717) is 0 Å². The highest BCUT2D eigenvalue weighted by molar-refractivity contribution is 7.99. The van der Waals surface area contributed by atoms with Crippen LogP contribution in [0.3, 0.4) is 0 Å². The van der Waals surface area contributed by atoms with Gasteiger partial charge in [-0.05, 0) is 37.1 Å². The Morgan fingerprint density at radius 2 is 2.25 bits per heavy atom. The van der Waals surface area contributed by atoms with Crippen molar-refractivity contribution < 1.29 is 0 Å². The van der Waals surface area contributed by atoms with Gasteiger partial charge in [-0.1, -0.05) is 13.0 Å². The molecule has 0 spiro atoms. The van der Waals surface area contributed by atoms with Crippen LogP contribution >= 0.6 is 11.8 Å². The molecule has 0 radical (unpaired) electrons. The van der Waals surface area contributed by atoms with Crippen molar-refractivity contribution in [2.45, 2.75) is 18.7 Å². The first-order valence-corrected chi connectivity index (χ1v) is 4.96. The van der Waals surface area contributed by atoms with Crippen LogP contribution in [0.2, 0.25) is 0 Å². The second-order valence-corrected chi connectivity index (χ2v) is 3.87. The fourth-order valence-corrected chi connectivity index (χ4v) is 1.78. The Bertz CT molecular complexity index is 281. The van der Waals surface area contributed by atoms with E-state index in [9.17, 15) is 0 Å². The van der Waals surface area contributed by atoms with E-state index in [1.807, 2.05) is 0 Å². The van der Waals surface area contributed by atoms with Gasteiger partial charge in [0.2, 0.25) is 0 Å². The molecule has 64 valence electrons. The standard InChI is InChI=1S/C10H13NS/c1-4-12-10-6-5-8(2)7-9(10)11-3/h5-7H,3-4H2,1-2H3. The summed E-state index contributed by atoms with van der Waals surface area (Å²) >= 11 is 1.80. The maximum absolute atomic E-state index is 3.98. The van der Waals surface area contributed by atoms with Crippen LogP contribution in [0.4, 0.5) is 5.69 Å². The predicted octanol–water partition coefficient (Wildman–Crippen LogP) is 3.44. The van der Waals surface area contributed by atoms with Crippen LogP contribution < -0.4 is 0 Å². The minimum atomic E-state index is 1.00. The zero-order chi connectivity index (χ0) is 8.97. The highest BCUT2D eigenvalue weighted by Gasteiger charge is 1.99. The van der Waals surface area contributed by atoms with Gasteiger partial charge in [-0.15, -0.1) is 11.8 Å². The molecule has 0 heterocycles. The molecule has 0 saturated heterocycles. The normalized spacial score (nSPS) is 9.83. The van der Waals surface area contributed by atoms with E-state index in [-0.39, 0.29) is 0 Å². The number of nitrogens with zero attached hydrogens (tertiary/aromatic N) is 1. The number of hydrogen-bond donors (Lipinski definition) is 0. The van der Waals surface area contributed by atoms with Crippen LogP contribution in [0.1, 0.15) is 12.5 Å². The van der Waals surface area contributed by atoms with Gasteiger partial charge in [0, 0.05) is 4.90 Å². The van der Waals surface area contributed by atoms with Gasteiger partial charge >= 0.3 is 0 Å². The third-order valence-electron chi connectivity index (χ3n) is 1.58. The summed E-state index contributed by atoms with van der Waals surface area (Å²) in [6.45, 7) is 7.75. The molecule has 0 bridgehead atoms. The van der Waals surface area contributed by atoms with Crippen LogP contribution in [0.15, 0.2) is 28.1 Å². The fraction of sp³-hybridized carbons (Fsp3) is 0.300. The molecule has 0 fully saturated rings. The Labute approximate surface area is 77.9 Å². The van der Waals surface area contributed by atoms with Gasteiger partial charge in [0.1, 0.15) is 0 Å². The molecular weight excluding hydrogens is 166 g/mol. The van der Waals surface area contributed by atoms with Crippen molar-refractivity contribution in [3.63, 3.8) is 0 Å². The number of benzene rings is 1. The lowest BCUT2D eigenvalue weighted by atomic mass is 10.2. The second kappa shape index (κ2) is 4.31. The van der Waals surface area contributed by atoms with Crippen molar-refractivity contribution in [3.8, 4) is 0 Å². The monoisotopic (exact) mass is 179 g/mol. The van der Waals surface area contributed by atoms with Crippen LogP contribution in [0, 0.1) is 6.92 Å². The van der Waals surface area contributed by atoms with Gasteiger partial charge in [0.25, 0.3) is 0 Å². The SMILES string of the molecule is C=Nc1cc(C)ccc1SCC. The summed E-state index contributed by atoms with van der Waals surface area (Å²) in [6.07, 6.45) is 0. The summed E-state index contributed by atoms with van der Waals surface area (Å²) in [7, 11) is 0. The molecule has 0 saturated carbocycles. The van der Waals surface area contributed by atoms with Gasteiger partial charge in [0.05, 0.1) is 5.69 Å². The van der Waals surface area contributed by atoms with Crippen molar-refractivity contribution >= 4 is 24.2 Å². The number of aryl methyl sites for hydroxylation is 1. The van der Waals surface area contributed by atoms with E-state index in [1.165, 1.54) is 10.5 Å². The summed E-state index contributed by atoms with van der Waals surface area (Å²) in [5.41, 5.74) is 2.24. The Kier molecular flexibility index (Phi) is 3.35. The van der Waals surface area contributed by atoms with E-state index in [4.69, 9.17) is 0 Å². The molecular formula is C10H13NS. The van der Waals surface area contributed by atoms with Crippen LogP contribution in [0.5, 0.6) is 0 Å². The average Bonchev–Trinajstić information content (AvgIpc) is 2.08. The summed E-state index contributed by atoms with van der Waals surface area (Å²) in [4.78, 5) is 5.20. The highest BCUT2D eigenvalue weighted by Crippen LogP contribution is 2.29. The van der Waals surface area contributed by atoms with Crippen LogP contribution in [-0.4, -0.2) is 12.5 Å². The number of aliphatic imine (C=N–C) groups is 1. The first kappa shape index (κ1) is 9.33. The molecule has 2 heteroatoms. The summed E-state index contributed by atoms with van der Waals surface area (Å²) in [5, 5.41) is 0. The number of thioether (sulfide) groups is 1.